The number of hydrogen-bond acceptors (Lipinski definition) is 2. The molecular weight excluding hydrogens is 183 g/mol. The predicted octanol–water partition coefficient (Wildman–Crippen LogP) is 1.29. The second-order valence-corrected chi connectivity index (χ2v) is 2.69. The first-order valence-corrected chi connectivity index (χ1v) is 4.11. The van der Waals surface area contributed by atoms with Crippen LogP contribution in [0, 0.1) is 0 Å². The third kappa shape index (κ3) is 10.3. The van der Waals surface area contributed by atoms with E-state index in [1.807, 2.05) is 18.2 Å². The summed E-state index contributed by atoms with van der Waals surface area (Å²) in [4.78, 5) is 12.8. The van der Waals surface area contributed by atoms with Gasteiger partial charge in [0, 0.05) is 12.4 Å². The number of carbonyl (C=O) groups is 1. The average Bonchev–Trinajstić information content (AvgIpc) is 1.90. The second kappa shape index (κ2) is 6.36. The summed E-state index contributed by atoms with van der Waals surface area (Å²) in [5, 5.41) is 7.47. The third-order valence-corrected chi connectivity index (χ3v) is 0.566. The molecule has 0 aliphatic carbocycles. The molecule has 0 atom stereocenters. The first-order valence-electron chi connectivity index (χ1n) is 2.63. The Hall–Kier alpha value is -0.757. The fourth-order valence-corrected chi connectivity index (χ4v) is 0.313. The summed E-state index contributed by atoms with van der Waals surface area (Å²) in [5.41, 5.74) is 0. The Kier molecular flexibility index (Phi) is 5.88. The Morgan fingerprint density at radius 1 is 1.30 bits per heavy atom. The Labute approximate surface area is 68.8 Å². The molecule has 4 heteroatoms. The van der Waals surface area contributed by atoms with Gasteiger partial charge in [0.2, 0.25) is 0 Å². The molecule has 10 heavy (non-hydrogen) atoms. The van der Waals surface area contributed by atoms with E-state index in [4.69, 9.17) is 9.90 Å². The number of pyridine rings is 1. The van der Waals surface area contributed by atoms with Crippen molar-refractivity contribution >= 4 is 4.56 Å². The normalized spacial score (nSPS) is 7.40. The van der Waals surface area contributed by atoms with Crippen molar-refractivity contribution in [3.63, 3.8) is 0 Å². The zero-order chi connectivity index (χ0) is 7.82. The molecule has 49 valence electrons. The maximum atomic E-state index is 9.06. The van der Waals surface area contributed by atoms with Gasteiger partial charge in [-0.15, -0.1) is 0 Å². The number of aromatic nitrogens is 1. The number of rotatable bonds is 0. The van der Waals surface area contributed by atoms with Gasteiger partial charge in [-0.05, 0) is 12.1 Å². The van der Waals surface area contributed by atoms with Gasteiger partial charge in [-0.3, -0.25) is 4.98 Å². The van der Waals surface area contributed by atoms with Crippen molar-refractivity contribution in [2.24, 2.45) is 0 Å². The molecule has 1 aromatic heterocycles. The van der Waals surface area contributed by atoms with Gasteiger partial charge in [0.1, 0.15) is 0 Å². The van der Waals surface area contributed by atoms with E-state index in [1.54, 1.807) is 12.4 Å². The quantitative estimate of drug-likeness (QED) is 0.626. The minimum absolute atomic E-state index is 0.347. The van der Waals surface area contributed by atoms with E-state index in [-0.39, 0.29) is 0 Å². The van der Waals surface area contributed by atoms with Crippen LogP contribution < -0.4 is 0 Å². The molecule has 0 saturated carbocycles. The van der Waals surface area contributed by atoms with E-state index in [0.717, 1.165) is 0 Å². The maximum absolute atomic E-state index is 9.06. The van der Waals surface area contributed by atoms with Crippen LogP contribution in [0.5, 0.6) is 0 Å². The summed E-state index contributed by atoms with van der Waals surface area (Å²) >= 11 is 0.347. The smallest absolute Gasteiger partial charge is 0.0267 e. The van der Waals surface area contributed by atoms with E-state index in [2.05, 4.69) is 4.98 Å². The molecule has 0 fully saturated rings. The van der Waals surface area contributed by atoms with Gasteiger partial charge in [0.05, 0.1) is 0 Å². The summed E-state index contributed by atoms with van der Waals surface area (Å²) in [5.74, 6) is 0. The number of carboxylic acid groups (broad SMARTS) is 1. The molecule has 1 rings (SSSR count). The topological polar surface area (TPSA) is 50.2 Å². The average molecular weight is 190 g/mol. The first kappa shape index (κ1) is 9.24. The molecule has 0 aliphatic heterocycles. The van der Waals surface area contributed by atoms with Crippen LogP contribution >= 0.6 is 0 Å². The van der Waals surface area contributed by atoms with Gasteiger partial charge in [0.25, 0.3) is 0 Å². The van der Waals surface area contributed by atoms with Crippen molar-refractivity contribution in [3.05, 3.63) is 30.6 Å². The monoisotopic (exact) mass is 188 g/mol. The first-order chi connectivity index (χ1) is 4.73. The summed E-state index contributed by atoms with van der Waals surface area (Å²) in [6.07, 6.45) is 3.50. The molecule has 3 nitrogen and oxygen atoms in total. The maximum Gasteiger partial charge on any atom is 0.0267 e. The fraction of sp³-hybridized carbons (Fsp3) is 0. The van der Waals surface area contributed by atoms with Crippen LogP contribution in [0.25, 0.3) is 0 Å². The van der Waals surface area contributed by atoms with Crippen LogP contribution in [-0.4, -0.2) is 14.7 Å². The Morgan fingerprint density at radius 2 is 1.70 bits per heavy atom. The SMILES string of the molecule is O=[C](O)[Zn].c1ccncc1. The Bertz CT molecular complexity index is 148. The van der Waals surface area contributed by atoms with E-state index in [9.17, 15) is 0 Å². The molecular formula is C6H6NO2Zn. The summed E-state index contributed by atoms with van der Waals surface area (Å²) < 4.78 is -0.708. The molecule has 0 aromatic carbocycles. The molecule has 1 N–H and O–H groups in total. The number of hydrogen-bond donors (Lipinski definition) is 1. The third-order valence-electron chi connectivity index (χ3n) is 0.566. The van der Waals surface area contributed by atoms with Gasteiger partial charge in [0.15, 0.2) is 0 Å². The van der Waals surface area contributed by atoms with E-state index in [0.29, 0.717) is 18.3 Å². The Balaban J connectivity index is 0.000000180. The van der Waals surface area contributed by atoms with Crippen LogP contribution in [0.1, 0.15) is 0 Å². The minimum atomic E-state index is -0.708. The summed E-state index contributed by atoms with van der Waals surface area (Å²) in [6.45, 7) is 0. The van der Waals surface area contributed by atoms with Gasteiger partial charge in [-0.25, -0.2) is 0 Å². The second-order valence-electron chi connectivity index (χ2n) is 1.42. The standard InChI is InChI=1S/C5H5N.CHO2.Zn/c1-2-4-6-5-3-1;2-1-3;/h1-5H;(H,2,3);. The zero-order valence-corrected chi connectivity index (χ0v) is 8.36. The predicted molar refractivity (Wildman–Crippen MR) is 32.3 cm³/mol. The molecule has 0 amide bonds. The number of nitrogens with zero attached hydrogens (tertiary/aromatic N) is 1. The van der Waals surface area contributed by atoms with Crippen molar-refractivity contribution in [2.75, 3.05) is 0 Å². The van der Waals surface area contributed by atoms with Crippen LogP contribution in [-0.2, 0) is 18.3 Å². The molecule has 0 radical (unpaired) electrons. The van der Waals surface area contributed by atoms with Gasteiger partial charge in [-0.1, -0.05) is 6.07 Å². The van der Waals surface area contributed by atoms with Crippen molar-refractivity contribution in [1.29, 1.82) is 0 Å². The van der Waals surface area contributed by atoms with E-state index >= 15 is 0 Å². The summed E-state index contributed by atoms with van der Waals surface area (Å²) in [7, 11) is 0. The van der Waals surface area contributed by atoms with Crippen molar-refractivity contribution in [1.82, 2.24) is 4.98 Å². The molecule has 0 saturated heterocycles. The van der Waals surface area contributed by atoms with Crippen molar-refractivity contribution in [2.45, 2.75) is 0 Å². The molecule has 0 bridgehead atoms. The minimum Gasteiger partial charge on any atom is -0.265 e. The molecule has 0 spiro atoms. The molecule has 0 unspecified atom stereocenters. The fourth-order valence-electron chi connectivity index (χ4n) is 0.313. The van der Waals surface area contributed by atoms with E-state index < -0.39 is 4.56 Å². The molecule has 1 heterocycles. The van der Waals surface area contributed by atoms with Gasteiger partial charge in [-0.2, -0.15) is 0 Å². The van der Waals surface area contributed by atoms with Gasteiger partial charge >= 0.3 is 32.8 Å². The van der Waals surface area contributed by atoms with Crippen molar-refractivity contribution < 1.29 is 28.2 Å². The summed E-state index contributed by atoms with van der Waals surface area (Å²) in [6, 6.07) is 5.72. The molecule has 1 aromatic rings. The van der Waals surface area contributed by atoms with Gasteiger partial charge < -0.3 is 0 Å². The van der Waals surface area contributed by atoms with Crippen molar-refractivity contribution in [3.8, 4) is 0 Å². The van der Waals surface area contributed by atoms with Crippen LogP contribution in [0.4, 0.5) is 4.79 Å². The largest absolute Gasteiger partial charge is 0.265 e. The van der Waals surface area contributed by atoms with E-state index in [1.165, 1.54) is 0 Å². The van der Waals surface area contributed by atoms with Crippen LogP contribution in [0.15, 0.2) is 30.6 Å². The van der Waals surface area contributed by atoms with Crippen LogP contribution in [0.2, 0.25) is 0 Å². The molecule has 0 aliphatic rings. The van der Waals surface area contributed by atoms with Crippen LogP contribution in [0.3, 0.4) is 0 Å². The zero-order valence-electron chi connectivity index (χ0n) is 5.40. The Morgan fingerprint density at radius 3 is 1.80 bits per heavy atom.